The van der Waals surface area contributed by atoms with Gasteiger partial charge in [0.15, 0.2) is 11.9 Å². The van der Waals surface area contributed by atoms with Crippen molar-refractivity contribution in [1.82, 2.24) is 53.2 Å². The summed E-state index contributed by atoms with van der Waals surface area (Å²) in [7, 11) is 0. The number of hydrogen-bond acceptors (Lipinski definition) is 16. The molecule has 1 aromatic carbocycles. The standard InChI is InChI=1S/C49H83N17O13S/c1-5-26(2)39(66-45(77)32(12-9-22-58-49(55)56)61-43(75)33(59-27(3)67)17-18-38(70)71)47(79)65-36(25-37(51)69)46(78)62-30(10-6-7-20-50)41(73)63-34(19-23-80-4)44(76)60-31(11-8-21-57-48(53)54)42(74)64-35(40(52)72)24-28-13-15-29(68)16-14-28/h13-16,26,30-36,39,68H,5-12,17-25,50H2,1-4H3,(H2,51,69)(H2,52,72)(H,59,67)(H,60,76)(H,61,75)(H,62,78)(H,63,73)(H,64,74)(H,65,79)(H,66,77)(H,70,71)(H4,53,54,57)(H4,55,56,58)/t26-,30-,31-,32-,33-,34-,35-,36-,39-/m0/s1. The average molecular weight is 1150 g/mol. The summed E-state index contributed by atoms with van der Waals surface area (Å²) < 4.78 is 0. The summed E-state index contributed by atoms with van der Waals surface area (Å²) in [5.41, 5.74) is 28.3. The van der Waals surface area contributed by atoms with Gasteiger partial charge < -0.3 is 92.0 Å². The summed E-state index contributed by atoms with van der Waals surface area (Å²) >= 11 is 1.33. The van der Waals surface area contributed by atoms with E-state index in [9.17, 15) is 63.0 Å². The van der Waals surface area contributed by atoms with E-state index in [4.69, 9.17) is 39.5 Å². The van der Waals surface area contributed by atoms with Crippen molar-refractivity contribution in [3.05, 3.63) is 29.8 Å². The number of unbranched alkanes of at least 4 members (excludes halogenated alkanes) is 1. The van der Waals surface area contributed by atoms with Crippen LogP contribution in [0.3, 0.4) is 0 Å². The third-order valence-corrected chi connectivity index (χ3v) is 12.9. The highest BCUT2D eigenvalue weighted by Gasteiger charge is 2.36. The molecule has 0 saturated heterocycles. The second-order valence-electron chi connectivity index (χ2n) is 18.9. The Morgan fingerprint density at radius 1 is 0.575 bits per heavy atom. The van der Waals surface area contributed by atoms with Crippen LogP contribution in [0, 0.1) is 16.7 Å². The van der Waals surface area contributed by atoms with Gasteiger partial charge in [-0.15, -0.1) is 0 Å². The lowest BCUT2D eigenvalue weighted by Crippen LogP contribution is -2.61. The molecule has 0 aromatic heterocycles. The molecule has 24 N–H and O–H groups in total. The summed E-state index contributed by atoms with van der Waals surface area (Å²) in [6, 6.07) is -5.48. The topological polar surface area (TPSA) is 526 Å². The smallest absolute Gasteiger partial charge is 0.303 e. The Bertz CT molecular complexity index is 2280. The Morgan fingerprint density at radius 3 is 1.41 bits per heavy atom. The fourth-order valence-corrected chi connectivity index (χ4v) is 8.20. The number of carbonyl (C=O) groups is 11. The maximum Gasteiger partial charge on any atom is 0.303 e. The number of phenolic OH excluding ortho intramolecular Hbond substituents is 1. The third-order valence-electron chi connectivity index (χ3n) is 12.3. The molecule has 0 spiro atoms. The Kier molecular flexibility index (Phi) is 33.1. The van der Waals surface area contributed by atoms with Crippen molar-refractivity contribution in [3.8, 4) is 5.75 Å². The van der Waals surface area contributed by atoms with Crippen LogP contribution in [0.4, 0.5) is 0 Å². The number of benzene rings is 1. The fraction of sp³-hybridized carbons (Fsp3) is 0.612. The number of nitrogens with two attached hydrogens (primary N) is 5. The molecule has 0 heterocycles. The number of carbonyl (C=O) groups excluding carboxylic acids is 10. The van der Waals surface area contributed by atoms with E-state index in [1.165, 1.54) is 36.0 Å². The molecule has 0 radical (unpaired) electrons. The minimum Gasteiger partial charge on any atom is -0.508 e. The van der Waals surface area contributed by atoms with Crippen LogP contribution in [0.1, 0.15) is 103 Å². The lowest BCUT2D eigenvalue weighted by molar-refractivity contribution is -0.138. The van der Waals surface area contributed by atoms with Gasteiger partial charge in [0.05, 0.1) is 6.42 Å². The van der Waals surface area contributed by atoms with Crippen LogP contribution in [0.5, 0.6) is 5.75 Å². The van der Waals surface area contributed by atoms with Crippen molar-refractivity contribution in [2.45, 2.75) is 153 Å². The maximum absolute atomic E-state index is 14.3. The summed E-state index contributed by atoms with van der Waals surface area (Å²) in [5, 5.41) is 59.3. The van der Waals surface area contributed by atoms with Crippen LogP contribution in [0.25, 0.3) is 0 Å². The number of nitrogens with one attached hydrogen (secondary N) is 12. The van der Waals surface area contributed by atoms with Gasteiger partial charge in [-0.25, -0.2) is 0 Å². The Balaban J connectivity index is 3.56. The van der Waals surface area contributed by atoms with E-state index < -0.39 is 132 Å². The highest BCUT2D eigenvalue weighted by molar-refractivity contribution is 7.98. The van der Waals surface area contributed by atoms with E-state index in [-0.39, 0.29) is 102 Å². The third kappa shape index (κ3) is 28.6. The first-order valence-electron chi connectivity index (χ1n) is 26.0. The molecule has 0 aliphatic rings. The maximum atomic E-state index is 14.3. The Hall–Kier alpha value is -7.96. The molecular formula is C49H83N17O13S. The van der Waals surface area contributed by atoms with Gasteiger partial charge in [-0.1, -0.05) is 32.4 Å². The number of carboxylic acid groups (broad SMARTS) is 1. The van der Waals surface area contributed by atoms with Gasteiger partial charge in [-0.3, -0.25) is 63.6 Å². The first kappa shape index (κ1) is 70.1. The monoisotopic (exact) mass is 1150 g/mol. The number of hydrogen-bond donors (Lipinski definition) is 19. The van der Waals surface area contributed by atoms with E-state index in [1.807, 2.05) is 0 Å². The van der Waals surface area contributed by atoms with E-state index >= 15 is 0 Å². The summed E-state index contributed by atoms with van der Waals surface area (Å²) in [6.07, 6.45) is 1.04. The number of amides is 10. The minimum atomic E-state index is -1.75. The zero-order valence-corrected chi connectivity index (χ0v) is 46.5. The van der Waals surface area contributed by atoms with Crippen LogP contribution >= 0.6 is 11.8 Å². The van der Waals surface area contributed by atoms with Crippen LogP contribution in [-0.4, -0.2) is 167 Å². The van der Waals surface area contributed by atoms with Crippen molar-refractivity contribution in [2.24, 2.45) is 34.6 Å². The second-order valence-corrected chi connectivity index (χ2v) is 19.9. The average Bonchev–Trinajstić information content (AvgIpc) is 3.38. The number of phenols is 1. The number of guanidine groups is 2. The van der Waals surface area contributed by atoms with Crippen LogP contribution < -0.4 is 81.8 Å². The minimum absolute atomic E-state index is 0.0106. The summed E-state index contributed by atoms with van der Waals surface area (Å²) in [5.74, 6) is -11.4. The van der Waals surface area contributed by atoms with Crippen LogP contribution in [-0.2, 0) is 59.2 Å². The lowest BCUT2D eigenvalue weighted by Gasteiger charge is -2.29. The van der Waals surface area contributed by atoms with Crippen molar-refractivity contribution in [1.29, 1.82) is 10.8 Å². The van der Waals surface area contributed by atoms with Gasteiger partial charge in [-0.2, -0.15) is 11.8 Å². The molecule has 0 aliphatic heterocycles. The van der Waals surface area contributed by atoms with Gasteiger partial charge in [0.25, 0.3) is 0 Å². The number of primary amides is 2. The first-order valence-corrected chi connectivity index (χ1v) is 27.4. The lowest BCUT2D eigenvalue weighted by atomic mass is 9.96. The molecule has 0 fully saturated rings. The van der Waals surface area contributed by atoms with Gasteiger partial charge in [0, 0.05) is 32.9 Å². The van der Waals surface area contributed by atoms with Gasteiger partial charge in [-0.05, 0) is 100.0 Å². The van der Waals surface area contributed by atoms with Gasteiger partial charge in [0.2, 0.25) is 59.1 Å². The Morgan fingerprint density at radius 2 is 1.00 bits per heavy atom. The molecule has 1 aromatic rings. The predicted molar refractivity (Wildman–Crippen MR) is 296 cm³/mol. The fourth-order valence-electron chi connectivity index (χ4n) is 7.72. The quantitative estimate of drug-likeness (QED) is 0.0167. The number of carboxylic acids is 1. The van der Waals surface area contributed by atoms with Gasteiger partial charge in [0.1, 0.15) is 54.1 Å². The Labute approximate surface area is 468 Å². The first-order chi connectivity index (χ1) is 37.7. The van der Waals surface area contributed by atoms with E-state index in [1.54, 1.807) is 20.1 Å². The van der Waals surface area contributed by atoms with Crippen LogP contribution in [0.15, 0.2) is 24.3 Å². The molecule has 31 heteroatoms. The molecule has 448 valence electrons. The second kappa shape index (κ2) is 37.8. The zero-order valence-electron chi connectivity index (χ0n) is 45.7. The largest absolute Gasteiger partial charge is 0.508 e. The molecule has 0 unspecified atom stereocenters. The van der Waals surface area contributed by atoms with Gasteiger partial charge >= 0.3 is 5.97 Å². The molecule has 9 atom stereocenters. The van der Waals surface area contributed by atoms with Crippen molar-refractivity contribution >= 4 is 88.7 Å². The number of aliphatic carboxylic acids is 1. The number of thioether (sulfide) groups is 1. The molecule has 0 aliphatic carbocycles. The van der Waals surface area contributed by atoms with Crippen molar-refractivity contribution < 1.29 is 63.0 Å². The van der Waals surface area contributed by atoms with Crippen molar-refractivity contribution in [2.75, 3.05) is 31.6 Å². The zero-order chi connectivity index (χ0) is 60.5. The molecule has 0 bridgehead atoms. The van der Waals surface area contributed by atoms with E-state index in [0.29, 0.717) is 17.7 Å². The highest BCUT2D eigenvalue weighted by Crippen LogP contribution is 2.14. The molecule has 1 rings (SSSR count). The molecule has 10 amide bonds. The van der Waals surface area contributed by atoms with E-state index in [2.05, 4.69) is 53.2 Å². The molecule has 0 saturated carbocycles. The SMILES string of the molecule is CC[C@H](C)[C@H](NC(=O)[C@H](CCCNC(=N)N)NC(=O)[C@H](CCC(=O)O)NC(C)=O)C(=O)N[C@@H](CC(N)=O)C(=O)N[C@@H](CCCCN)C(=O)N[C@@H](CCSC)C(=O)N[C@@H](CCCNC(=N)N)C(=O)N[C@@H](Cc1ccc(O)cc1)C(N)=O. The molecule has 80 heavy (non-hydrogen) atoms. The molecular weight excluding hydrogens is 1070 g/mol. The molecule has 30 nitrogen and oxygen atoms in total. The number of aromatic hydroxyl groups is 1. The predicted octanol–water partition coefficient (Wildman–Crippen LogP) is -4.49. The van der Waals surface area contributed by atoms with Crippen LogP contribution in [0.2, 0.25) is 0 Å². The van der Waals surface area contributed by atoms with Crippen molar-refractivity contribution in [3.63, 3.8) is 0 Å². The summed E-state index contributed by atoms with van der Waals surface area (Å²) in [6.45, 7) is 4.78. The summed E-state index contributed by atoms with van der Waals surface area (Å²) in [4.78, 5) is 146. The van der Waals surface area contributed by atoms with E-state index in [0.717, 1.165) is 6.92 Å². The number of rotatable bonds is 40. The normalized spacial score (nSPS) is 14.2. The highest BCUT2D eigenvalue weighted by atomic mass is 32.2.